The Labute approximate surface area is 201 Å². The summed E-state index contributed by atoms with van der Waals surface area (Å²) in [6.45, 7) is 6.11. The van der Waals surface area contributed by atoms with E-state index >= 15 is 0 Å². The van der Waals surface area contributed by atoms with Crippen molar-refractivity contribution >= 4 is 22.7 Å². The van der Waals surface area contributed by atoms with Gasteiger partial charge in [0.1, 0.15) is 5.82 Å². The Morgan fingerprint density at radius 3 is 2.47 bits per heavy atom. The summed E-state index contributed by atoms with van der Waals surface area (Å²) in [6, 6.07) is 21.8. The number of aryl methyl sites for hydroxylation is 1. The van der Waals surface area contributed by atoms with Gasteiger partial charge < -0.3 is 15.0 Å². The van der Waals surface area contributed by atoms with Gasteiger partial charge in [0.15, 0.2) is 0 Å². The first kappa shape index (κ1) is 23.6. The Kier molecular flexibility index (Phi) is 7.63. The molecule has 4 rings (SSSR count). The molecule has 0 spiro atoms. The molecule has 0 aliphatic carbocycles. The average molecular weight is 456 g/mol. The highest BCUT2D eigenvalue weighted by Gasteiger charge is 2.13. The van der Waals surface area contributed by atoms with E-state index in [-0.39, 0.29) is 0 Å². The van der Waals surface area contributed by atoms with E-state index in [2.05, 4.69) is 54.1 Å². The number of nitrogens with one attached hydrogen (secondary N) is 1. The normalized spacial score (nSPS) is 11.1. The first-order valence-corrected chi connectivity index (χ1v) is 12.3. The molecule has 0 amide bonds. The summed E-state index contributed by atoms with van der Waals surface area (Å²) in [6.07, 6.45) is 5.51. The van der Waals surface area contributed by atoms with Crippen molar-refractivity contribution in [3.05, 3.63) is 83.7 Å². The van der Waals surface area contributed by atoms with Crippen LogP contribution in [0.3, 0.4) is 0 Å². The minimum atomic E-state index is -0.909. The lowest BCUT2D eigenvalue weighted by atomic mass is 9.99. The van der Waals surface area contributed by atoms with E-state index in [4.69, 9.17) is 4.98 Å². The van der Waals surface area contributed by atoms with Gasteiger partial charge in [-0.1, -0.05) is 69.2 Å². The van der Waals surface area contributed by atoms with Crippen LogP contribution in [0.15, 0.2) is 66.7 Å². The number of hydrogen-bond donors (Lipinski definition) is 2. The molecule has 5 nitrogen and oxygen atoms in total. The van der Waals surface area contributed by atoms with E-state index in [1.54, 1.807) is 12.1 Å². The van der Waals surface area contributed by atoms with Crippen LogP contribution in [-0.4, -0.2) is 27.2 Å². The van der Waals surface area contributed by atoms with Gasteiger partial charge in [-0.15, -0.1) is 0 Å². The number of carboxylic acid groups (broad SMARTS) is 1. The number of hydrogen-bond acceptors (Lipinski definition) is 3. The van der Waals surface area contributed by atoms with Crippen LogP contribution in [0, 0.1) is 0 Å². The molecule has 0 saturated carbocycles. The van der Waals surface area contributed by atoms with Crippen molar-refractivity contribution in [3.8, 4) is 11.1 Å². The fraction of sp³-hybridized carbons (Fsp3) is 0.310. The summed E-state index contributed by atoms with van der Waals surface area (Å²) >= 11 is 0. The SMILES string of the molecule is CCCCNc1ccc2nc(CCCC)n(Cc3ccc(-c4ccccc4C(=O)O)cc3)c2c1. The molecule has 4 aromatic rings. The van der Waals surface area contributed by atoms with Crippen LogP contribution in [0.5, 0.6) is 0 Å². The molecule has 3 aromatic carbocycles. The van der Waals surface area contributed by atoms with Crippen LogP contribution >= 0.6 is 0 Å². The molecule has 1 aromatic heterocycles. The number of benzene rings is 3. The third-order valence-corrected chi connectivity index (χ3v) is 6.20. The van der Waals surface area contributed by atoms with Crippen molar-refractivity contribution in [2.24, 2.45) is 0 Å². The van der Waals surface area contributed by atoms with Gasteiger partial charge in [-0.05, 0) is 53.8 Å². The molecule has 0 aliphatic rings. The lowest BCUT2D eigenvalue weighted by molar-refractivity contribution is 0.0697. The van der Waals surface area contributed by atoms with Gasteiger partial charge in [0.2, 0.25) is 0 Å². The summed E-state index contributed by atoms with van der Waals surface area (Å²) in [4.78, 5) is 16.6. The number of imidazole rings is 1. The lowest BCUT2D eigenvalue weighted by Gasteiger charge is -2.12. The molecule has 0 aliphatic heterocycles. The van der Waals surface area contributed by atoms with Gasteiger partial charge in [-0.2, -0.15) is 0 Å². The second kappa shape index (κ2) is 11.0. The number of nitrogens with zero attached hydrogens (tertiary/aromatic N) is 2. The van der Waals surface area contributed by atoms with E-state index < -0.39 is 5.97 Å². The van der Waals surface area contributed by atoms with Crippen LogP contribution in [0.4, 0.5) is 5.69 Å². The van der Waals surface area contributed by atoms with Crippen molar-refractivity contribution < 1.29 is 9.90 Å². The summed E-state index contributed by atoms with van der Waals surface area (Å²) in [5.41, 5.74) is 6.43. The van der Waals surface area contributed by atoms with E-state index in [0.29, 0.717) is 5.56 Å². The highest BCUT2D eigenvalue weighted by molar-refractivity contribution is 5.96. The highest BCUT2D eigenvalue weighted by atomic mass is 16.4. The first-order chi connectivity index (χ1) is 16.6. The molecule has 0 saturated heterocycles. The van der Waals surface area contributed by atoms with Gasteiger partial charge in [-0.25, -0.2) is 9.78 Å². The largest absolute Gasteiger partial charge is 0.478 e. The molecule has 0 atom stereocenters. The maximum Gasteiger partial charge on any atom is 0.336 e. The van der Waals surface area contributed by atoms with Crippen molar-refractivity contribution in [2.45, 2.75) is 52.5 Å². The van der Waals surface area contributed by atoms with Gasteiger partial charge in [0.05, 0.1) is 16.6 Å². The average Bonchev–Trinajstić information content (AvgIpc) is 3.20. The minimum Gasteiger partial charge on any atom is -0.478 e. The maximum absolute atomic E-state index is 11.6. The molecule has 0 fully saturated rings. The molecular formula is C29H33N3O2. The number of aromatic nitrogens is 2. The van der Waals surface area contributed by atoms with Crippen molar-refractivity contribution in [2.75, 3.05) is 11.9 Å². The Bertz CT molecular complexity index is 1260. The van der Waals surface area contributed by atoms with Crippen LogP contribution < -0.4 is 5.32 Å². The zero-order chi connectivity index (χ0) is 23.9. The summed E-state index contributed by atoms with van der Waals surface area (Å²) in [7, 11) is 0. The number of carbonyl (C=O) groups is 1. The molecule has 1 heterocycles. The summed E-state index contributed by atoms with van der Waals surface area (Å²) < 4.78 is 2.33. The van der Waals surface area contributed by atoms with E-state index in [9.17, 15) is 9.90 Å². The van der Waals surface area contributed by atoms with Crippen LogP contribution in [0.25, 0.3) is 22.2 Å². The first-order valence-electron chi connectivity index (χ1n) is 12.3. The molecule has 5 heteroatoms. The predicted octanol–water partition coefficient (Wildman–Crippen LogP) is 7.00. The Morgan fingerprint density at radius 2 is 1.74 bits per heavy atom. The molecule has 0 bridgehead atoms. The fourth-order valence-electron chi connectivity index (χ4n) is 4.29. The van der Waals surface area contributed by atoms with Crippen molar-refractivity contribution in [1.29, 1.82) is 0 Å². The zero-order valence-corrected chi connectivity index (χ0v) is 20.1. The van der Waals surface area contributed by atoms with Crippen molar-refractivity contribution in [3.63, 3.8) is 0 Å². The van der Waals surface area contributed by atoms with E-state index in [1.807, 2.05) is 24.3 Å². The third-order valence-electron chi connectivity index (χ3n) is 6.20. The summed E-state index contributed by atoms with van der Waals surface area (Å²) in [5.74, 6) is 0.205. The smallest absolute Gasteiger partial charge is 0.336 e. The molecule has 2 N–H and O–H groups in total. The minimum absolute atomic E-state index is 0.320. The molecule has 0 radical (unpaired) electrons. The number of anilines is 1. The van der Waals surface area contributed by atoms with Gasteiger partial charge in [0.25, 0.3) is 0 Å². The van der Waals surface area contributed by atoms with E-state index in [1.165, 1.54) is 6.42 Å². The molecular weight excluding hydrogens is 422 g/mol. The zero-order valence-electron chi connectivity index (χ0n) is 20.1. The molecule has 176 valence electrons. The molecule has 0 unspecified atom stereocenters. The second-order valence-electron chi connectivity index (χ2n) is 8.75. The standard InChI is InChI=1S/C29H33N3O2/c1-3-5-11-28-31-26-17-16-23(30-18-6-4-2)19-27(26)32(28)20-21-12-14-22(15-13-21)24-9-7-8-10-25(24)29(33)34/h7-10,12-17,19,30H,3-6,11,18,20H2,1-2H3,(H,33,34). The monoisotopic (exact) mass is 455 g/mol. The van der Waals surface area contributed by atoms with Gasteiger partial charge in [-0.3, -0.25) is 0 Å². The fourth-order valence-corrected chi connectivity index (χ4v) is 4.29. The van der Waals surface area contributed by atoms with E-state index in [0.717, 1.165) is 78.0 Å². The lowest BCUT2D eigenvalue weighted by Crippen LogP contribution is -2.06. The number of fused-ring (bicyclic) bond motifs is 1. The maximum atomic E-state index is 11.6. The Balaban J connectivity index is 1.64. The molecule has 34 heavy (non-hydrogen) atoms. The van der Waals surface area contributed by atoms with Crippen molar-refractivity contribution in [1.82, 2.24) is 9.55 Å². The topological polar surface area (TPSA) is 67.2 Å². The third kappa shape index (κ3) is 5.30. The van der Waals surface area contributed by atoms with Crippen LogP contribution in [-0.2, 0) is 13.0 Å². The summed E-state index contributed by atoms with van der Waals surface area (Å²) in [5, 5.41) is 13.1. The van der Waals surface area contributed by atoms with Gasteiger partial charge >= 0.3 is 5.97 Å². The second-order valence-corrected chi connectivity index (χ2v) is 8.75. The predicted molar refractivity (Wildman–Crippen MR) is 140 cm³/mol. The number of carboxylic acids is 1. The number of aromatic carboxylic acids is 1. The number of rotatable bonds is 11. The quantitative estimate of drug-likeness (QED) is 0.239. The number of unbranched alkanes of at least 4 members (excludes halogenated alkanes) is 2. The van der Waals surface area contributed by atoms with Crippen LogP contribution in [0.1, 0.15) is 61.3 Å². The van der Waals surface area contributed by atoms with Gasteiger partial charge in [0, 0.05) is 25.2 Å². The highest BCUT2D eigenvalue weighted by Crippen LogP contribution is 2.26. The Hall–Kier alpha value is -3.60. The van der Waals surface area contributed by atoms with Crippen LogP contribution in [0.2, 0.25) is 0 Å². The Morgan fingerprint density at radius 1 is 0.971 bits per heavy atom.